The molecule has 3 rings (SSSR count). The summed E-state index contributed by atoms with van der Waals surface area (Å²) in [5.74, 6) is -0.349. The van der Waals surface area contributed by atoms with Gasteiger partial charge in [-0.1, -0.05) is 17.7 Å². The number of aromatic nitrogens is 1. The minimum atomic E-state index is -3.79. The van der Waals surface area contributed by atoms with Crippen molar-refractivity contribution in [3.05, 3.63) is 64.6 Å². The summed E-state index contributed by atoms with van der Waals surface area (Å²) in [7, 11) is -3.79. The third-order valence-electron chi connectivity index (χ3n) is 3.66. The molecule has 0 unspecified atom stereocenters. The van der Waals surface area contributed by atoms with Crippen LogP contribution in [0.2, 0.25) is 5.02 Å². The van der Waals surface area contributed by atoms with Crippen LogP contribution < -0.4 is 21.1 Å². The molecular formula is C18H16ClN5O4S2. The van der Waals surface area contributed by atoms with E-state index in [1.807, 2.05) is 0 Å². The average molecular weight is 466 g/mol. The van der Waals surface area contributed by atoms with Crippen LogP contribution in [0.15, 0.2) is 58.8 Å². The maximum atomic E-state index is 12.2. The topological polar surface area (TPSA) is 143 Å². The van der Waals surface area contributed by atoms with Gasteiger partial charge in [-0.05, 0) is 42.5 Å². The molecule has 9 nitrogen and oxygen atoms in total. The van der Waals surface area contributed by atoms with E-state index >= 15 is 0 Å². The maximum Gasteiger partial charge on any atom is 0.325 e. The Morgan fingerprint density at radius 3 is 2.43 bits per heavy atom. The number of hydrogen-bond donors (Lipinski definition) is 4. The number of rotatable bonds is 6. The summed E-state index contributed by atoms with van der Waals surface area (Å²) in [5, 5.41) is 15.4. The summed E-state index contributed by atoms with van der Waals surface area (Å²) in [6.07, 6.45) is -0.0228. The molecule has 12 heteroatoms. The van der Waals surface area contributed by atoms with E-state index in [9.17, 15) is 18.0 Å². The Morgan fingerprint density at radius 1 is 1.03 bits per heavy atom. The van der Waals surface area contributed by atoms with Gasteiger partial charge in [-0.2, -0.15) is 0 Å². The monoisotopic (exact) mass is 465 g/mol. The summed E-state index contributed by atoms with van der Waals surface area (Å²) in [5.41, 5.74) is 1.42. The molecule has 0 atom stereocenters. The third kappa shape index (κ3) is 6.26. The Morgan fingerprint density at radius 2 is 1.77 bits per heavy atom. The van der Waals surface area contributed by atoms with Crippen molar-refractivity contribution in [2.24, 2.45) is 5.14 Å². The largest absolute Gasteiger partial charge is 0.326 e. The zero-order chi connectivity index (χ0) is 21.7. The standard InChI is InChI=1S/C18H16ClN5O4S2/c19-11-2-1-3-13(8-11)22-17(26)24-18-23-14(10-29-18)9-16(25)21-12-4-6-15(7-5-12)30(20,27)28/h1-8,10H,9H2,(H,21,25)(H2,20,27,28)(H2,22,23,24,26). The molecule has 156 valence electrons. The van der Waals surface area contributed by atoms with E-state index in [0.717, 1.165) is 0 Å². The van der Waals surface area contributed by atoms with E-state index < -0.39 is 16.1 Å². The number of carbonyl (C=O) groups is 2. The van der Waals surface area contributed by atoms with E-state index in [2.05, 4.69) is 20.9 Å². The number of sulfonamides is 1. The van der Waals surface area contributed by atoms with Crippen molar-refractivity contribution in [2.45, 2.75) is 11.3 Å². The molecule has 0 saturated heterocycles. The van der Waals surface area contributed by atoms with Crippen LogP contribution in [0.25, 0.3) is 0 Å². The number of urea groups is 1. The third-order valence-corrected chi connectivity index (χ3v) is 5.63. The fraction of sp³-hybridized carbons (Fsp3) is 0.0556. The molecular weight excluding hydrogens is 450 g/mol. The first-order valence-corrected chi connectivity index (χ1v) is 11.2. The zero-order valence-electron chi connectivity index (χ0n) is 15.3. The van der Waals surface area contributed by atoms with Crippen molar-refractivity contribution in [1.29, 1.82) is 0 Å². The SMILES string of the molecule is NS(=O)(=O)c1ccc(NC(=O)Cc2csc(NC(=O)Nc3cccc(Cl)c3)n2)cc1. The highest BCUT2D eigenvalue weighted by Crippen LogP contribution is 2.19. The van der Waals surface area contributed by atoms with Crippen molar-refractivity contribution >= 4 is 61.4 Å². The van der Waals surface area contributed by atoms with Gasteiger partial charge in [0.15, 0.2) is 5.13 Å². The Kier molecular flexibility index (Phi) is 6.67. The minimum absolute atomic E-state index is 0.0228. The second-order valence-corrected chi connectivity index (χ2v) is 8.88. The van der Waals surface area contributed by atoms with Gasteiger partial charge in [0.2, 0.25) is 15.9 Å². The molecule has 0 aliphatic carbocycles. The predicted molar refractivity (Wildman–Crippen MR) is 116 cm³/mol. The van der Waals surface area contributed by atoms with Crippen molar-refractivity contribution in [2.75, 3.05) is 16.0 Å². The molecule has 3 amide bonds. The Labute approximate surface area is 181 Å². The minimum Gasteiger partial charge on any atom is -0.326 e. The van der Waals surface area contributed by atoms with Gasteiger partial charge in [0.25, 0.3) is 0 Å². The summed E-state index contributed by atoms with van der Waals surface area (Å²) in [4.78, 5) is 28.4. The normalized spacial score (nSPS) is 11.0. The van der Waals surface area contributed by atoms with E-state index in [4.69, 9.17) is 16.7 Å². The van der Waals surface area contributed by atoms with Crippen molar-refractivity contribution < 1.29 is 18.0 Å². The first-order chi connectivity index (χ1) is 14.2. The lowest BCUT2D eigenvalue weighted by Crippen LogP contribution is -2.19. The van der Waals surface area contributed by atoms with E-state index in [1.165, 1.54) is 35.6 Å². The molecule has 0 radical (unpaired) electrons. The molecule has 30 heavy (non-hydrogen) atoms. The van der Waals surface area contributed by atoms with Crippen molar-refractivity contribution in [3.8, 4) is 0 Å². The average Bonchev–Trinajstić information content (AvgIpc) is 3.07. The molecule has 0 saturated carbocycles. The summed E-state index contributed by atoms with van der Waals surface area (Å²) in [6, 6.07) is 11.7. The molecule has 1 aromatic heterocycles. The van der Waals surface area contributed by atoms with Crippen LogP contribution in [0.5, 0.6) is 0 Å². The number of halogens is 1. The lowest BCUT2D eigenvalue weighted by Gasteiger charge is -2.06. The Balaban J connectivity index is 1.53. The van der Waals surface area contributed by atoms with Gasteiger partial charge in [0.1, 0.15) is 0 Å². The number of benzene rings is 2. The highest BCUT2D eigenvalue weighted by atomic mass is 35.5. The molecule has 0 fully saturated rings. The van der Waals surface area contributed by atoms with Crippen LogP contribution >= 0.6 is 22.9 Å². The second kappa shape index (κ2) is 9.22. The number of amides is 3. The number of nitrogens with two attached hydrogens (primary N) is 1. The molecule has 1 heterocycles. The van der Waals surface area contributed by atoms with Crippen LogP contribution in [0.3, 0.4) is 0 Å². The molecule has 0 spiro atoms. The number of thiazole rings is 1. The number of primary sulfonamides is 1. The molecule has 5 N–H and O–H groups in total. The number of nitrogens with one attached hydrogen (secondary N) is 3. The molecule has 0 aliphatic rings. The van der Waals surface area contributed by atoms with Gasteiger partial charge in [0, 0.05) is 21.8 Å². The quantitative estimate of drug-likeness (QED) is 0.441. The van der Waals surface area contributed by atoms with Crippen LogP contribution in [-0.4, -0.2) is 25.3 Å². The van der Waals surface area contributed by atoms with Crippen LogP contribution in [0.1, 0.15) is 5.69 Å². The van der Waals surface area contributed by atoms with Gasteiger partial charge < -0.3 is 10.6 Å². The zero-order valence-corrected chi connectivity index (χ0v) is 17.6. The van der Waals surface area contributed by atoms with E-state index in [0.29, 0.717) is 27.2 Å². The predicted octanol–water partition coefficient (Wildman–Crippen LogP) is 3.27. The Bertz CT molecular complexity index is 1180. The first kappa shape index (κ1) is 21.7. The van der Waals surface area contributed by atoms with Gasteiger partial charge in [-0.15, -0.1) is 11.3 Å². The summed E-state index contributed by atoms with van der Waals surface area (Å²) >= 11 is 7.05. The second-order valence-electron chi connectivity index (χ2n) is 6.03. The first-order valence-electron chi connectivity index (χ1n) is 8.40. The highest BCUT2D eigenvalue weighted by molar-refractivity contribution is 7.89. The van der Waals surface area contributed by atoms with Crippen molar-refractivity contribution in [3.63, 3.8) is 0 Å². The number of nitrogens with zero attached hydrogens (tertiary/aromatic N) is 1. The van der Waals surface area contributed by atoms with Crippen molar-refractivity contribution in [1.82, 2.24) is 4.98 Å². The fourth-order valence-electron chi connectivity index (χ4n) is 2.37. The summed E-state index contributed by atoms with van der Waals surface area (Å²) < 4.78 is 22.5. The fourth-order valence-corrected chi connectivity index (χ4v) is 3.78. The number of anilines is 3. The maximum absolute atomic E-state index is 12.2. The molecule has 2 aromatic carbocycles. The van der Waals surface area contributed by atoms with E-state index in [1.54, 1.807) is 29.6 Å². The highest BCUT2D eigenvalue weighted by Gasteiger charge is 2.12. The number of carbonyl (C=O) groups excluding carboxylic acids is 2. The number of hydrogen-bond acceptors (Lipinski definition) is 6. The van der Waals surface area contributed by atoms with Gasteiger partial charge >= 0.3 is 6.03 Å². The summed E-state index contributed by atoms with van der Waals surface area (Å²) in [6.45, 7) is 0. The van der Waals surface area contributed by atoms with Gasteiger partial charge in [0.05, 0.1) is 17.0 Å². The lowest BCUT2D eigenvalue weighted by molar-refractivity contribution is -0.115. The van der Waals surface area contributed by atoms with Crippen LogP contribution in [0.4, 0.5) is 21.3 Å². The van der Waals surface area contributed by atoms with Crippen LogP contribution in [0, 0.1) is 0 Å². The van der Waals surface area contributed by atoms with Gasteiger partial charge in [-0.3, -0.25) is 10.1 Å². The Hall–Kier alpha value is -2.99. The lowest BCUT2D eigenvalue weighted by atomic mass is 10.3. The smallest absolute Gasteiger partial charge is 0.325 e. The molecule has 0 bridgehead atoms. The van der Waals surface area contributed by atoms with Gasteiger partial charge in [-0.25, -0.2) is 23.3 Å². The van der Waals surface area contributed by atoms with Crippen LogP contribution in [-0.2, 0) is 21.2 Å². The molecule has 3 aromatic rings. The molecule has 0 aliphatic heterocycles. The van der Waals surface area contributed by atoms with E-state index in [-0.39, 0.29) is 17.2 Å².